The van der Waals surface area contributed by atoms with Crippen molar-refractivity contribution in [2.75, 3.05) is 40.9 Å². The zero-order valence-electron chi connectivity index (χ0n) is 12.1. The molecule has 0 aliphatic carbocycles. The zero-order chi connectivity index (χ0) is 16.0. The number of ether oxygens (including phenoxy) is 1. The van der Waals surface area contributed by atoms with Crippen LogP contribution in [0.15, 0.2) is 27.8 Å². The van der Waals surface area contributed by atoms with E-state index >= 15 is 0 Å². The first-order valence-electron chi connectivity index (χ1n) is 6.09. The maximum absolute atomic E-state index is 12.6. The molecule has 21 heavy (non-hydrogen) atoms. The number of hydrogen-bond donors (Lipinski definition) is 0. The van der Waals surface area contributed by atoms with Gasteiger partial charge in [-0.1, -0.05) is 0 Å². The molecule has 0 saturated heterocycles. The predicted octanol–water partition coefficient (Wildman–Crippen LogP) is 0.569. The van der Waals surface area contributed by atoms with Crippen molar-refractivity contribution in [2.45, 2.75) is 4.90 Å². The van der Waals surface area contributed by atoms with E-state index in [0.29, 0.717) is 4.47 Å². The standard InChI is InChI=1S/C12H18BrN3O4S/c1-15(2)12(17)9-16(4-5-20-3)21(18,19)11-6-10(13)7-14-8-11/h6-8H,4-5,9H2,1-3H3. The smallest absolute Gasteiger partial charge is 0.245 e. The minimum atomic E-state index is -3.81. The molecular weight excluding hydrogens is 362 g/mol. The van der Waals surface area contributed by atoms with Crippen molar-refractivity contribution >= 4 is 31.9 Å². The van der Waals surface area contributed by atoms with E-state index in [1.54, 1.807) is 14.1 Å². The Morgan fingerprint density at radius 3 is 2.57 bits per heavy atom. The fourth-order valence-electron chi connectivity index (χ4n) is 1.45. The molecule has 118 valence electrons. The van der Waals surface area contributed by atoms with Crippen molar-refractivity contribution in [1.82, 2.24) is 14.2 Å². The molecule has 0 aromatic carbocycles. The van der Waals surface area contributed by atoms with Crippen molar-refractivity contribution in [3.63, 3.8) is 0 Å². The molecule has 1 aromatic heterocycles. The maximum Gasteiger partial charge on any atom is 0.245 e. The van der Waals surface area contributed by atoms with Gasteiger partial charge in [0, 0.05) is 44.6 Å². The third-order valence-electron chi connectivity index (χ3n) is 2.67. The van der Waals surface area contributed by atoms with Crippen LogP contribution in [0.2, 0.25) is 0 Å². The third-order valence-corrected chi connectivity index (χ3v) is 4.92. The summed E-state index contributed by atoms with van der Waals surface area (Å²) < 4.78 is 31.7. The highest BCUT2D eigenvalue weighted by Gasteiger charge is 2.27. The van der Waals surface area contributed by atoms with Crippen molar-refractivity contribution in [3.8, 4) is 0 Å². The van der Waals surface area contributed by atoms with E-state index in [2.05, 4.69) is 20.9 Å². The lowest BCUT2D eigenvalue weighted by molar-refractivity contribution is -0.128. The molecule has 0 atom stereocenters. The molecular formula is C12H18BrN3O4S. The number of methoxy groups -OCH3 is 1. The van der Waals surface area contributed by atoms with Crippen LogP contribution in [-0.2, 0) is 19.6 Å². The molecule has 1 rings (SSSR count). The molecule has 9 heteroatoms. The van der Waals surface area contributed by atoms with Crippen molar-refractivity contribution in [1.29, 1.82) is 0 Å². The number of sulfonamides is 1. The van der Waals surface area contributed by atoms with Gasteiger partial charge in [-0.25, -0.2) is 8.42 Å². The Morgan fingerprint density at radius 2 is 2.05 bits per heavy atom. The number of hydrogen-bond acceptors (Lipinski definition) is 5. The Kier molecular flexibility index (Phi) is 6.72. The largest absolute Gasteiger partial charge is 0.383 e. The number of carbonyl (C=O) groups is 1. The molecule has 0 N–H and O–H groups in total. The molecule has 0 bridgehead atoms. The number of pyridine rings is 1. The first-order chi connectivity index (χ1) is 9.78. The van der Waals surface area contributed by atoms with Gasteiger partial charge in [0.1, 0.15) is 4.90 Å². The second-order valence-corrected chi connectivity index (χ2v) is 7.31. The summed E-state index contributed by atoms with van der Waals surface area (Å²) in [5, 5.41) is 0. The summed E-state index contributed by atoms with van der Waals surface area (Å²) >= 11 is 3.19. The molecule has 0 spiro atoms. The van der Waals surface area contributed by atoms with Crippen molar-refractivity contribution in [2.24, 2.45) is 0 Å². The highest BCUT2D eigenvalue weighted by Crippen LogP contribution is 2.18. The fraction of sp³-hybridized carbons (Fsp3) is 0.500. The molecule has 0 saturated carbocycles. The number of halogens is 1. The van der Waals surface area contributed by atoms with Gasteiger partial charge in [-0.05, 0) is 22.0 Å². The highest BCUT2D eigenvalue weighted by atomic mass is 79.9. The normalized spacial score (nSPS) is 11.7. The van der Waals surface area contributed by atoms with Gasteiger partial charge in [0.2, 0.25) is 15.9 Å². The van der Waals surface area contributed by atoms with E-state index in [0.717, 1.165) is 4.31 Å². The minimum absolute atomic E-state index is 0.0273. The molecule has 0 aliphatic rings. The quantitative estimate of drug-likeness (QED) is 0.691. The molecule has 1 aromatic rings. The van der Waals surface area contributed by atoms with E-state index in [4.69, 9.17) is 4.74 Å². The summed E-state index contributed by atoms with van der Waals surface area (Å²) in [5.74, 6) is -0.308. The second kappa shape index (κ2) is 7.83. The summed E-state index contributed by atoms with van der Waals surface area (Å²) in [7, 11) is 0.807. The van der Waals surface area contributed by atoms with Gasteiger partial charge >= 0.3 is 0 Å². The summed E-state index contributed by atoms with van der Waals surface area (Å²) in [4.78, 5) is 17.0. The Hall–Kier alpha value is -1.03. The molecule has 0 aliphatic heterocycles. The molecule has 0 fully saturated rings. The van der Waals surface area contributed by atoms with Crippen LogP contribution in [0.3, 0.4) is 0 Å². The fourth-order valence-corrected chi connectivity index (χ4v) is 3.33. The van der Waals surface area contributed by atoms with Crippen LogP contribution in [0.4, 0.5) is 0 Å². The summed E-state index contributed by atoms with van der Waals surface area (Å²) in [6, 6.07) is 1.45. The van der Waals surface area contributed by atoms with Gasteiger partial charge in [-0.2, -0.15) is 4.31 Å². The summed E-state index contributed by atoms with van der Waals surface area (Å²) in [5.41, 5.74) is 0. The number of carbonyl (C=O) groups excluding carboxylic acids is 1. The zero-order valence-corrected chi connectivity index (χ0v) is 14.5. The predicted molar refractivity (Wildman–Crippen MR) is 81.3 cm³/mol. The number of rotatable bonds is 7. The van der Waals surface area contributed by atoms with E-state index in [1.165, 1.54) is 30.5 Å². The van der Waals surface area contributed by atoms with Gasteiger partial charge in [0.15, 0.2) is 0 Å². The second-order valence-electron chi connectivity index (χ2n) is 4.46. The summed E-state index contributed by atoms with van der Waals surface area (Å²) in [6.07, 6.45) is 2.74. The molecule has 0 radical (unpaired) electrons. The lowest BCUT2D eigenvalue weighted by Crippen LogP contribution is -2.41. The first-order valence-corrected chi connectivity index (χ1v) is 8.32. The maximum atomic E-state index is 12.6. The number of amides is 1. The van der Waals surface area contributed by atoms with Crippen LogP contribution >= 0.6 is 15.9 Å². The molecule has 0 unspecified atom stereocenters. The lowest BCUT2D eigenvalue weighted by Gasteiger charge is -2.23. The summed E-state index contributed by atoms with van der Waals surface area (Å²) in [6.45, 7) is 0.0392. The van der Waals surface area contributed by atoms with E-state index in [1.807, 2.05) is 0 Å². The van der Waals surface area contributed by atoms with E-state index in [9.17, 15) is 13.2 Å². The Balaban J connectivity index is 3.08. The van der Waals surface area contributed by atoms with E-state index < -0.39 is 10.0 Å². The third kappa shape index (κ3) is 5.03. The molecule has 1 amide bonds. The van der Waals surface area contributed by atoms with Crippen molar-refractivity contribution in [3.05, 3.63) is 22.9 Å². The van der Waals surface area contributed by atoms with Crippen LogP contribution < -0.4 is 0 Å². The van der Waals surface area contributed by atoms with E-state index in [-0.39, 0.29) is 30.5 Å². The van der Waals surface area contributed by atoms with Gasteiger partial charge < -0.3 is 9.64 Å². The average molecular weight is 380 g/mol. The average Bonchev–Trinajstić information content (AvgIpc) is 2.42. The Bertz CT molecular complexity index is 592. The first kappa shape index (κ1) is 18.0. The number of likely N-dealkylation sites (N-methyl/N-ethyl adjacent to an activating group) is 1. The molecule has 7 nitrogen and oxygen atoms in total. The Morgan fingerprint density at radius 1 is 1.38 bits per heavy atom. The van der Waals surface area contributed by atoms with Crippen LogP contribution in [0, 0.1) is 0 Å². The lowest BCUT2D eigenvalue weighted by atomic mass is 10.5. The SMILES string of the molecule is COCCN(CC(=O)N(C)C)S(=O)(=O)c1cncc(Br)c1. The van der Waals surface area contributed by atoms with Gasteiger partial charge in [0.05, 0.1) is 13.2 Å². The highest BCUT2D eigenvalue weighted by molar-refractivity contribution is 9.10. The van der Waals surface area contributed by atoms with Crippen LogP contribution in [-0.4, -0.2) is 69.4 Å². The number of nitrogens with zero attached hydrogens (tertiary/aromatic N) is 3. The van der Waals surface area contributed by atoms with Crippen LogP contribution in [0.1, 0.15) is 0 Å². The van der Waals surface area contributed by atoms with Gasteiger partial charge in [-0.3, -0.25) is 9.78 Å². The minimum Gasteiger partial charge on any atom is -0.383 e. The Labute approximate surface area is 133 Å². The topological polar surface area (TPSA) is 79.8 Å². The van der Waals surface area contributed by atoms with Gasteiger partial charge in [0.25, 0.3) is 0 Å². The van der Waals surface area contributed by atoms with Crippen LogP contribution in [0.25, 0.3) is 0 Å². The number of aromatic nitrogens is 1. The van der Waals surface area contributed by atoms with Gasteiger partial charge in [-0.15, -0.1) is 0 Å². The van der Waals surface area contributed by atoms with Crippen molar-refractivity contribution < 1.29 is 17.9 Å². The van der Waals surface area contributed by atoms with Crippen LogP contribution in [0.5, 0.6) is 0 Å². The molecule has 1 heterocycles. The monoisotopic (exact) mass is 379 g/mol.